The predicted molar refractivity (Wildman–Crippen MR) is 105 cm³/mol. The number of fused-ring (bicyclic) bond motifs is 1. The summed E-state index contributed by atoms with van der Waals surface area (Å²) in [6.07, 6.45) is 2.46. The van der Waals surface area contributed by atoms with Crippen LogP contribution in [0.5, 0.6) is 0 Å². The van der Waals surface area contributed by atoms with Gasteiger partial charge in [0.15, 0.2) is 0 Å². The average Bonchev–Trinajstić information content (AvgIpc) is 2.69. The van der Waals surface area contributed by atoms with Crippen LogP contribution >= 0.6 is 0 Å². The van der Waals surface area contributed by atoms with Gasteiger partial charge in [-0.1, -0.05) is 66.7 Å². The molecule has 0 aliphatic heterocycles. The average molecular weight is 338 g/mol. The SMILES string of the molecule is O=C(Nc1cccc2cccnc12)c1ccccc1Cc1ccccc1. The minimum Gasteiger partial charge on any atom is -0.320 e. The van der Waals surface area contributed by atoms with E-state index in [2.05, 4.69) is 22.4 Å². The van der Waals surface area contributed by atoms with E-state index in [1.807, 2.05) is 72.8 Å². The molecule has 3 nitrogen and oxygen atoms in total. The van der Waals surface area contributed by atoms with Crippen LogP contribution in [-0.2, 0) is 6.42 Å². The Labute approximate surface area is 152 Å². The van der Waals surface area contributed by atoms with E-state index in [0.29, 0.717) is 5.56 Å². The van der Waals surface area contributed by atoms with Crippen molar-refractivity contribution in [1.82, 2.24) is 4.98 Å². The number of para-hydroxylation sites is 1. The van der Waals surface area contributed by atoms with Crippen LogP contribution in [0.4, 0.5) is 5.69 Å². The Balaban J connectivity index is 1.64. The molecular weight excluding hydrogens is 320 g/mol. The molecule has 4 rings (SSSR count). The van der Waals surface area contributed by atoms with Crippen LogP contribution < -0.4 is 5.32 Å². The van der Waals surface area contributed by atoms with Gasteiger partial charge in [-0.25, -0.2) is 0 Å². The lowest BCUT2D eigenvalue weighted by Gasteiger charge is -2.11. The minimum atomic E-state index is -0.116. The standard InChI is InChI=1S/C23H18N2O/c26-23(25-21-14-6-11-18-12-7-15-24-22(18)21)20-13-5-4-10-19(20)16-17-8-2-1-3-9-17/h1-15H,16H2,(H,25,26). The molecule has 26 heavy (non-hydrogen) atoms. The molecule has 0 spiro atoms. The largest absolute Gasteiger partial charge is 0.320 e. The molecule has 1 N–H and O–H groups in total. The van der Waals surface area contributed by atoms with E-state index in [1.54, 1.807) is 6.20 Å². The Hall–Kier alpha value is -3.46. The Morgan fingerprint density at radius 2 is 1.58 bits per heavy atom. The van der Waals surface area contributed by atoms with E-state index in [-0.39, 0.29) is 5.91 Å². The summed E-state index contributed by atoms with van der Waals surface area (Å²) in [6, 6.07) is 27.6. The second kappa shape index (κ2) is 7.19. The molecule has 0 bridgehead atoms. The number of carbonyl (C=O) groups excluding carboxylic acids is 1. The van der Waals surface area contributed by atoms with Gasteiger partial charge < -0.3 is 5.32 Å². The van der Waals surface area contributed by atoms with Crippen LogP contribution in [0, 0.1) is 0 Å². The summed E-state index contributed by atoms with van der Waals surface area (Å²) >= 11 is 0. The molecule has 0 aliphatic rings. The van der Waals surface area contributed by atoms with E-state index in [0.717, 1.165) is 28.6 Å². The van der Waals surface area contributed by atoms with Crippen LogP contribution in [0.2, 0.25) is 0 Å². The second-order valence-electron chi connectivity index (χ2n) is 6.15. The van der Waals surface area contributed by atoms with Gasteiger partial charge >= 0.3 is 0 Å². The van der Waals surface area contributed by atoms with E-state index in [9.17, 15) is 4.79 Å². The number of anilines is 1. The van der Waals surface area contributed by atoms with Crippen LogP contribution in [0.3, 0.4) is 0 Å². The molecule has 1 aromatic heterocycles. The number of hydrogen-bond acceptors (Lipinski definition) is 2. The van der Waals surface area contributed by atoms with Crippen molar-refractivity contribution in [2.75, 3.05) is 5.32 Å². The molecule has 126 valence electrons. The zero-order valence-corrected chi connectivity index (χ0v) is 14.2. The monoisotopic (exact) mass is 338 g/mol. The highest BCUT2D eigenvalue weighted by atomic mass is 16.1. The first-order chi connectivity index (χ1) is 12.8. The van der Waals surface area contributed by atoms with Gasteiger partial charge in [-0.3, -0.25) is 9.78 Å². The van der Waals surface area contributed by atoms with E-state index in [1.165, 1.54) is 5.56 Å². The lowest BCUT2D eigenvalue weighted by atomic mass is 9.99. The number of benzene rings is 3. The molecular formula is C23H18N2O. The molecule has 0 fully saturated rings. The normalized spacial score (nSPS) is 10.6. The van der Waals surface area contributed by atoms with Crippen molar-refractivity contribution in [3.05, 3.63) is 108 Å². The molecule has 0 aliphatic carbocycles. The van der Waals surface area contributed by atoms with Gasteiger partial charge in [-0.2, -0.15) is 0 Å². The zero-order valence-electron chi connectivity index (χ0n) is 14.2. The van der Waals surface area contributed by atoms with Gasteiger partial charge in [-0.05, 0) is 35.7 Å². The molecule has 4 aromatic rings. The Morgan fingerprint density at radius 1 is 0.808 bits per heavy atom. The lowest BCUT2D eigenvalue weighted by Crippen LogP contribution is -2.15. The lowest BCUT2D eigenvalue weighted by molar-refractivity contribution is 0.102. The number of nitrogens with one attached hydrogen (secondary N) is 1. The first-order valence-electron chi connectivity index (χ1n) is 8.58. The summed E-state index contributed by atoms with van der Waals surface area (Å²) in [5, 5.41) is 4.03. The molecule has 0 saturated carbocycles. The third-order valence-electron chi connectivity index (χ3n) is 4.38. The van der Waals surface area contributed by atoms with Gasteiger partial charge in [0.25, 0.3) is 5.91 Å². The molecule has 0 radical (unpaired) electrons. The maximum absolute atomic E-state index is 12.9. The van der Waals surface area contributed by atoms with Crippen molar-refractivity contribution in [3.8, 4) is 0 Å². The number of rotatable bonds is 4. The number of amides is 1. The van der Waals surface area contributed by atoms with Crippen molar-refractivity contribution >= 4 is 22.5 Å². The highest BCUT2D eigenvalue weighted by molar-refractivity contribution is 6.09. The quantitative estimate of drug-likeness (QED) is 0.564. The predicted octanol–water partition coefficient (Wildman–Crippen LogP) is 5.08. The first kappa shape index (κ1) is 16.0. The summed E-state index contributed by atoms with van der Waals surface area (Å²) in [5.74, 6) is -0.116. The molecule has 0 saturated heterocycles. The third kappa shape index (κ3) is 3.33. The molecule has 3 aromatic carbocycles. The highest BCUT2D eigenvalue weighted by Crippen LogP contribution is 2.22. The van der Waals surface area contributed by atoms with Crippen LogP contribution in [0.15, 0.2) is 91.1 Å². The smallest absolute Gasteiger partial charge is 0.256 e. The molecule has 3 heteroatoms. The fourth-order valence-electron chi connectivity index (χ4n) is 3.11. The number of hydrogen-bond donors (Lipinski definition) is 1. The van der Waals surface area contributed by atoms with Gasteiger partial charge in [0.2, 0.25) is 0 Å². The van der Waals surface area contributed by atoms with Crippen molar-refractivity contribution in [2.45, 2.75) is 6.42 Å². The maximum Gasteiger partial charge on any atom is 0.256 e. The molecule has 1 amide bonds. The summed E-state index contributed by atoms with van der Waals surface area (Å²) in [7, 11) is 0. The first-order valence-corrected chi connectivity index (χ1v) is 8.58. The summed E-state index contributed by atoms with van der Waals surface area (Å²) in [6.45, 7) is 0. The summed E-state index contributed by atoms with van der Waals surface area (Å²) in [4.78, 5) is 17.3. The third-order valence-corrected chi connectivity index (χ3v) is 4.38. The second-order valence-corrected chi connectivity index (χ2v) is 6.15. The fraction of sp³-hybridized carbons (Fsp3) is 0.0435. The molecule has 0 atom stereocenters. The maximum atomic E-state index is 12.9. The summed E-state index contributed by atoms with van der Waals surface area (Å²) < 4.78 is 0. The Kier molecular flexibility index (Phi) is 4.44. The number of nitrogens with zero attached hydrogens (tertiary/aromatic N) is 1. The van der Waals surface area contributed by atoms with Gasteiger partial charge in [0, 0.05) is 17.1 Å². The van der Waals surface area contributed by atoms with Crippen molar-refractivity contribution in [3.63, 3.8) is 0 Å². The van der Waals surface area contributed by atoms with Gasteiger partial charge in [0.05, 0.1) is 11.2 Å². The number of pyridine rings is 1. The topological polar surface area (TPSA) is 42.0 Å². The van der Waals surface area contributed by atoms with Crippen LogP contribution in [0.25, 0.3) is 10.9 Å². The Morgan fingerprint density at radius 3 is 2.46 bits per heavy atom. The van der Waals surface area contributed by atoms with Crippen LogP contribution in [0.1, 0.15) is 21.5 Å². The van der Waals surface area contributed by atoms with Gasteiger partial charge in [-0.15, -0.1) is 0 Å². The zero-order chi connectivity index (χ0) is 17.8. The summed E-state index contributed by atoms with van der Waals surface area (Å²) in [5.41, 5.74) is 4.39. The van der Waals surface area contributed by atoms with E-state index in [4.69, 9.17) is 0 Å². The van der Waals surface area contributed by atoms with Crippen LogP contribution in [-0.4, -0.2) is 10.9 Å². The Bertz CT molecular complexity index is 1050. The van der Waals surface area contributed by atoms with Crippen molar-refractivity contribution < 1.29 is 4.79 Å². The highest BCUT2D eigenvalue weighted by Gasteiger charge is 2.13. The van der Waals surface area contributed by atoms with Gasteiger partial charge in [0.1, 0.15) is 0 Å². The van der Waals surface area contributed by atoms with E-state index >= 15 is 0 Å². The van der Waals surface area contributed by atoms with E-state index < -0.39 is 0 Å². The number of aromatic nitrogens is 1. The molecule has 0 unspecified atom stereocenters. The number of carbonyl (C=O) groups is 1. The fourth-order valence-corrected chi connectivity index (χ4v) is 3.11. The van der Waals surface area contributed by atoms with Crippen molar-refractivity contribution in [2.24, 2.45) is 0 Å². The van der Waals surface area contributed by atoms with Crippen molar-refractivity contribution in [1.29, 1.82) is 0 Å². The molecule has 1 heterocycles. The minimum absolute atomic E-state index is 0.116.